The standard InChI is InChI=1S/C32H37FO5/c1-3-4-5-6-7-8-30-29(25-13-16-27(35)17-14-25)20-15-26(31(30)33)12-9-24-10-18-28(19-11-24)37-22-38-32(36)23(2)21-34/h10-11,13-20,34-35H,2-9,12,21-22H2,1H3. The number of aryl methyl sites for hydroxylation is 2. The van der Waals surface area contributed by atoms with Crippen LogP contribution in [0.3, 0.4) is 0 Å². The Bertz CT molecular complexity index is 1190. The first-order chi connectivity index (χ1) is 18.4. The van der Waals surface area contributed by atoms with Crippen molar-refractivity contribution in [2.24, 2.45) is 0 Å². The second-order valence-electron chi connectivity index (χ2n) is 9.38. The molecule has 5 nitrogen and oxygen atoms in total. The van der Waals surface area contributed by atoms with Crippen LogP contribution in [0.4, 0.5) is 4.39 Å². The van der Waals surface area contributed by atoms with Crippen LogP contribution in [0.25, 0.3) is 11.1 Å². The molecule has 202 valence electrons. The molecule has 0 fully saturated rings. The van der Waals surface area contributed by atoms with E-state index in [0.717, 1.165) is 41.5 Å². The van der Waals surface area contributed by atoms with Crippen LogP contribution >= 0.6 is 0 Å². The van der Waals surface area contributed by atoms with Gasteiger partial charge >= 0.3 is 5.97 Å². The van der Waals surface area contributed by atoms with Gasteiger partial charge in [0.05, 0.1) is 12.2 Å². The summed E-state index contributed by atoms with van der Waals surface area (Å²) < 4.78 is 26.1. The van der Waals surface area contributed by atoms with Crippen LogP contribution in [0.2, 0.25) is 0 Å². The zero-order valence-electron chi connectivity index (χ0n) is 22.0. The molecule has 0 aromatic heterocycles. The number of aromatic hydroxyl groups is 1. The van der Waals surface area contributed by atoms with E-state index in [1.165, 1.54) is 12.8 Å². The molecule has 3 aromatic rings. The van der Waals surface area contributed by atoms with Crippen LogP contribution < -0.4 is 4.74 Å². The number of esters is 1. The number of aliphatic hydroxyl groups excluding tert-OH is 1. The van der Waals surface area contributed by atoms with Gasteiger partial charge in [-0.1, -0.05) is 75.6 Å². The molecule has 0 aliphatic heterocycles. The molecule has 38 heavy (non-hydrogen) atoms. The monoisotopic (exact) mass is 520 g/mol. The van der Waals surface area contributed by atoms with Crippen LogP contribution in [0, 0.1) is 5.82 Å². The van der Waals surface area contributed by atoms with E-state index in [4.69, 9.17) is 14.6 Å². The number of benzene rings is 3. The quantitative estimate of drug-likeness (QED) is 0.0984. The average Bonchev–Trinajstić information content (AvgIpc) is 2.93. The zero-order chi connectivity index (χ0) is 27.3. The maximum absolute atomic E-state index is 15.8. The second kappa shape index (κ2) is 14.9. The molecule has 0 bridgehead atoms. The summed E-state index contributed by atoms with van der Waals surface area (Å²) in [7, 11) is 0. The lowest BCUT2D eigenvalue weighted by atomic mass is 9.91. The fourth-order valence-corrected chi connectivity index (χ4v) is 4.27. The minimum atomic E-state index is -0.706. The van der Waals surface area contributed by atoms with Crippen molar-refractivity contribution in [2.75, 3.05) is 13.4 Å². The number of halogens is 1. The number of hydrogen-bond donors (Lipinski definition) is 2. The van der Waals surface area contributed by atoms with Crippen molar-refractivity contribution in [1.29, 1.82) is 0 Å². The lowest BCUT2D eigenvalue weighted by molar-refractivity contribution is -0.145. The van der Waals surface area contributed by atoms with Crippen molar-refractivity contribution >= 4 is 5.97 Å². The average molecular weight is 521 g/mol. The van der Waals surface area contributed by atoms with Crippen LogP contribution in [-0.4, -0.2) is 29.6 Å². The van der Waals surface area contributed by atoms with E-state index < -0.39 is 12.6 Å². The van der Waals surface area contributed by atoms with Gasteiger partial charge in [0.2, 0.25) is 6.79 Å². The van der Waals surface area contributed by atoms with E-state index in [1.54, 1.807) is 24.3 Å². The summed E-state index contributed by atoms with van der Waals surface area (Å²) in [5.74, 6) is -0.122. The Balaban J connectivity index is 1.65. The molecule has 3 aromatic carbocycles. The van der Waals surface area contributed by atoms with E-state index in [2.05, 4.69) is 13.5 Å². The smallest absolute Gasteiger partial charge is 0.338 e. The van der Waals surface area contributed by atoms with Crippen molar-refractivity contribution in [1.82, 2.24) is 0 Å². The molecule has 0 aliphatic rings. The molecule has 0 unspecified atom stereocenters. The Morgan fingerprint density at radius 3 is 2.29 bits per heavy atom. The number of phenols is 1. The predicted molar refractivity (Wildman–Crippen MR) is 148 cm³/mol. The Labute approximate surface area is 224 Å². The van der Waals surface area contributed by atoms with Crippen molar-refractivity contribution in [3.63, 3.8) is 0 Å². The number of carbonyl (C=O) groups excluding carboxylic acids is 1. The molecule has 0 radical (unpaired) electrons. The van der Waals surface area contributed by atoms with Crippen molar-refractivity contribution in [3.8, 4) is 22.6 Å². The number of rotatable bonds is 15. The highest BCUT2D eigenvalue weighted by Crippen LogP contribution is 2.31. The molecule has 0 aliphatic carbocycles. The van der Waals surface area contributed by atoms with E-state index in [1.807, 2.05) is 36.4 Å². The summed E-state index contributed by atoms with van der Waals surface area (Å²) in [5, 5.41) is 18.6. The highest BCUT2D eigenvalue weighted by molar-refractivity contribution is 5.87. The Morgan fingerprint density at radius 1 is 0.895 bits per heavy atom. The van der Waals surface area contributed by atoms with Gasteiger partial charge in [-0.15, -0.1) is 0 Å². The molecule has 0 heterocycles. The van der Waals surface area contributed by atoms with E-state index >= 15 is 4.39 Å². The Hall–Kier alpha value is -3.64. The van der Waals surface area contributed by atoms with Crippen molar-refractivity contribution in [3.05, 3.63) is 95.3 Å². The van der Waals surface area contributed by atoms with Gasteiger partial charge in [0.25, 0.3) is 0 Å². The summed E-state index contributed by atoms with van der Waals surface area (Å²) >= 11 is 0. The first-order valence-electron chi connectivity index (χ1n) is 13.2. The second-order valence-corrected chi connectivity index (χ2v) is 9.38. The molecule has 6 heteroatoms. The van der Waals surface area contributed by atoms with Crippen LogP contribution in [0.15, 0.2) is 72.8 Å². The highest BCUT2D eigenvalue weighted by atomic mass is 19.1. The maximum atomic E-state index is 15.8. The van der Waals surface area contributed by atoms with E-state index in [9.17, 15) is 9.90 Å². The van der Waals surface area contributed by atoms with Gasteiger partial charge in [-0.05, 0) is 77.8 Å². The molecule has 0 saturated carbocycles. The number of carbonyl (C=O) groups is 1. The molecule has 0 amide bonds. The number of hydrogen-bond acceptors (Lipinski definition) is 5. The van der Waals surface area contributed by atoms with Gasteiger partial charge < -0.3 is 19.7 Å². The van der Waals surface area contributed by atoms with Crippen molar-refractivity contribution < 1.29 is 28.9 Å². The van der Waals surface area contributed by atoms with Gasteiger partial charge in [-0.25, -0.2) is 9.18 Å². The normalized spacial score (nSPS) is 10.8. The fourth-order valence-electron chi connectivity index (χ4n) is 4.27. The number of aliphatic hydroxyl groups is 1. The minimum absolute atomic E-state index is 0.0353. The first kappa shape index (κ1) is 28.9. The van der Waals surface area contributed by atoms with Crippen LogP contribution in [0.5, 0.6) is 11.5 Å². The third-order valence-electron chi connectivity index (χ3n) is 6.53. The first-order valence-corrected chi connectivity index (χ1v) is 13.2. The lowest BCUT2D eigenvalue weighted by Crippen LogP contribution is -2.13. The summed E-state index contributed by atoms with van der Waals surface area (Å²) in [6, 6.07) is 18.1. The third kappa shape index (κ3) is 8.45. The number of phenolic OH excluding ortho intramolecular Hbond substituents is 1. The van der Waals surface area contributed by atoms with Gasteiger partial charge in [0, 0.05) is 0 Å². The Morgan fingerprint density at radius 2 is 1.61 bits per heavy atom. The van der Waals surface area contributed by atoms with E-state index in [0.29, 0.717) is 30.6 Å². The molecular weight excluding hydrogens is 483 g/mol. The molecule has 2 N–H and O–H groups in total. The molecule has 0 atom stereocenters. The molecule has 0 saturated heterocycles. The SMILES string of the molecule is C=C(CO)C(=O)OCOc1ccc(CCc2ccc(-c3ccc(O)cc3)c(CCCCCCC)c2F)cc1. The van der Waals surface area contributed by atoms with Gasteiger partial charge in [-0.3, -0.25) is 0 Å². The van der Waals surface area contributed by atoms with Gasteiger partial charge in [0.1, 0.15) is 17.3 Å². The van der Waals surface area contributed by atoms with Crippen LogP contribution in [0.1, 0.15) is 55.7 Å². The highest BCUT2D eigenvalue weighted by Gasteiger charge is 2.15. The predicted octanol–water partition coefficient (Wildman–Crippen LogP) is 6.92. The topological polar surface area (TPSA) is 76.0 Å². The van der Waals surface area contributed by atoms with Gasteiger partial charge in [0.15, 0.2) is 0 Å². The van der Waals surface area contributed by atoms with Gasteiger partial charge in [-0.2, -0.15) is 0 Å². The summed E-state index contributed by atoms with van der Waals surface area (Å²) in [6.45, 7) is 4.84. The number of unbranched alkanes of at least 4 members (excludes halogenated alkanes) is 4. The third-order valence-corrected chi connectivity index (χ3v) is 6.53. The Kier molecular flexibility index (Phi) is 11.4. The fraction of sp³-hybridized carbons (Fsp3) is 0.344. The largest absolute Gasteiger partial charge is 0.508 e. The van der Waals surface area contributed by atoms with Crippen LogP contribution in [-0.2, 0) is 28.8 Å². The summed E-state index contributed by atoms with van der Waals surface area (Å²) in [6.07, 6.45) is 7.45. The zero-order valence-corrected chi connectivity index (χ0v) is 22.0. The molecule has 0 spiro atoms. The lowest BCUT2D eigenvalue weighted by Gasteiger charge is -2.15. The number of ether oxygens (including phenoxy) is 2. The van der Waals surface area contributed by atoms with Crippen molar-refractivity contribution in [2.45, 2.75) is 58.3 Å². The minimum Gasteiger partial charge on any atom is -0.508 e. The summed E-state index contributed by atoms with van der Waals surface area (Å²) in [5.41, 5.74) is 4.21. The molecule has 3 rings (SSSR count). The maximum Gasteiger partial charge on any atom is 0.338 e. The molecular formula is C32H37FO5. The summed E-state index contributed by atoms with van der Waals surface area (Å²) in [4.78, 5) is 11.5. The van der Waals surface area contributed by atoms with E-state index in [-0.39, 0.29) is 23.9 Å².